The first kappa shape index (κ1) is 11.3. The van der Waals surface area contributed by atoms with Crippen molar-refractivity contribution in [3.05, 3.63) is 0 Å². The van der Waals surface area contributed by atoms with Gasteiger partial charge in [-0.05, 0) is 33.6 Å². The molecule has 0 spiro atoms. The van der Waals surface area contributed by atoms with Crippen molar-refractivity contribution in [2.75, 3.05) is 12.8 Å². The summed E-state index contributed by atoms with van der Waals surface area (Å²) < 4.78 is 46.8. The lowest BCUT2D eigenvalue weighted by Gasteiger charge is -2.23. The van der Waals surface area contributed by atoms with Crippen LogP contribution in [0.15, 0.2) is 0 Å². The first-order valence-electron chi connectivity index (χ1n) is 6.18. The van der Waals surface area contributed by atoms with E-state index in [2.05, 4.69) is 9.50 Å². The molecule has 1 fully saturated rings. The predicted molar refractivity (Wildman–Crippen MR) is 62.1 cm³/mol. The molecule has 1 aliphatic rings. The highest BCUT2D eigenvalue weighted by Crippen LogP contribution is 2.36. The van der Waals surface area contributed by atoms with Crippen LogP contribution in [0.3, 0.4) is 0 Å². The van der Waals surface area contributed by atoms with E-state index >= 15 is 0 Å². The summed E-state index contributed by atoms with van der Waals surface area (Å²) in [5.74, 6) is 0. The molecular formula is C10H19NO5S. The molecule has 0 aromatic heterocycles. The van der Waals surface area contributed by atoms with E-state index < -0.39 is 33.9 Å². The van der Waals surface area contributed by atoms with Crippen molar-refractivity contribution < 1.29 is 24.9 Å². The van der Waals surface area contributed by atoms with E-state index in [9.17, 15) is 13.2 Å². The van der Waals surface area contributed by atoms with Crippen LogP contribution in [0.2, 0.25) is 0 Å². The molecule has 0 aromatic carbocycles. The molecule has 0 radical (unpaired) electrons. The van der Waals surface area contributed by atoms with Gasteiger partial charge in [0, 0.05) is 0 Å². The molecule has 0 atom stereocenters. The monoisotopic (exact) mass is 267 g/mol. The minimum absolute atomic E-state index is 0.286. The molecule has 6 nitrogen and oxygen atoms in total. The van der Waals surface area contributed by atoms with Crippen LogP contribution in [0.5, 0.6) is 0 Å². The summed E-state index contributed by atoms with van der Waals surface area (Å²) in [6.07, 6.45) is 0.531. The van der Waals surface area contributed by atoms with Gasteiger partial charge in [0.2, 0.25) is 0 Å². The molecule has 1 aliphatic carbocycles. The lowest BCUT2D eigenvalue weighted by Crippen LogP contribution is -2.43. The average molecular weight is 267 g/mol. The third-order valence-corrected chi connectivity index (χ3v) is 2.26. The highest BCUT2D eigenvalue weighted by atomic mass is 32.2. The van der Waals surface area contributed by atoms with Gasteiger partial charge in [0.25, 0.3) is 10.1 Å². The molecule has 0 saturated heterocycles. The summed E-state index contributed by atoms with van der Waals surface area (Å²) in [7, 11) is -3.96. The maximum absolute atomic E-state index is 11.6. The Morgan fingerprint density at radius 1 is 1.47 bits per heavy atom. The highest BCUT2D eigenvalue weighted by Gasteiger charge is 2.46. The largest absolute Gasteiger partial charge is 0.444 e. The summed E-state index contributed by atoms with van der Waals surface area (Å²) in [4.78, 5) is 11.6. The zero-order chi connectivity index (χ0) is 15.1. The summed E-state index contributed by atoms with van der Waals surface area (Å²) in [6, 6.07) is 0. The van der Waals surface area contributed by atoms with Crippen molar-refractivity contribution in [1.82, 2.24) is 5.32 Å². The first-order chi connectivity index (χ1) is 8.27. The van der Waals surface area contributed by atoms with Gasteiger partial charge in [0.05, 0.1) is 21.1 Å². The molecule has 100 valence electrons. The van der Waals surface area contributed by atoms with Crippen molar-refractivity contribution in [3.8, 4) is 0 Å². The lowest BCUT2D eigenvalue weighted by molar-refractivity contribution is 0.0477. The van der Waals surface area contributed by atoms with E-state index in [1.807, 2.05) is 0 Å². The fourth-order valence-electron chi connectivity index (χ4n) is 1.03. The van der Waals surface area contributed by atoms with Gasteiger partial charge >= 0.3 is 6.09 Å². The second kappa shape index (κ2) is 4.45. The minimum Gasteiger partial charge on any atom is -0.444 e. The molecule has 0 aromatic rings. The van der Waals surface area contributed by atoms with Gasteiger partial charge in [-0.25, -0.2) is 4.79 Å². The highest BCUT2D eigenvalue weighted by molar-refractivity contribution is 7.85. The Labute approximate surface area is 105 Å². The van der Waals surface area contributed by atoms with Crippen LogP contribution >= 0.6 is 0 Å². The Bertz CT molecular complexity index is 465. The number of alkyl carbamates (subject to hydrolysis) is 1. The fraction of sp³-hybridized carbons (Fsp3) is 0.900. The van der Waals surface area contributed by atoms with E-state index in [0.29, 0.717) is 0 Å². The molecular weight excluding hydrogens is 246 g/mol. The van der Waals surface area contributed by atoms with Crippen LogP contribution in [0, 0.1) is 0 Å². The maximum Gasteiger partial charge on any atom is 0.408 e. The molecule has 1 amide bonds. The number of amides is 1. The lowest BCUT2D eigenvalue weighted by atomic mass is 10.2. The Balaban J connectivity index is 2.74. The molecule has 1 N–H and O–H groups in total. The van der Waals surface area contributed by atoms with Crippen molar-refractivity contribution >= 4 is 16.2 Å². The molecule has 0 bridgehead atoms. The quantitative estimate of drug-likeness (QED) is 0.769. The molecule has 0 heterocycles. The van der Waals surface area contributed by atoms with Gasteiger partial charge in [0.1, 0.15) is 5.60 Å². The van der Waals surface area contributed by atoms with Crippen molar-refractivity contribution in [2.45, 2.75) is 44.8 Å². The second-order valence-corrected chi connectivity index (χ2v) is 6.67. The standard InChI is InChI=1S/C10H19NO5S/c1-9(2,3)16-8(12)11-10(5-6-10)7-15-17(4,13)14/h5-7H2,1-4H3,(H,11,12)/i7D2. The van der Waals surface area contributed by atoms with Crippen molar-refractivity contribution in [1.29, 1.82) is 0 Å². The molecule has 17 heavy (non-hydrogen) atoms. The fourth-order valence-corrected chi connectivity index (χ4v) is 1.34. The Kier molecular flexibility index (Phi) is 2.96. The second-order valence-electron chi connectivity index (χ2n) is 5.10. The van der Waals surface area contributed by atoms with E-state index in [1.165, 1.54) is 0 Å². The van der Waals surface area contributed by atoms with Crippen LogP contribution in [-0.2, 0) is 19.0 Å². The predicted octanol–water partition coefficient (Wildman–Crippen LogP) is 1.02. The van der Waals surface area contributed by atoms with E-state index in [4.69, 9.17) is 7.48 Å². The van der Waals surface area contributed by atoms with E-state index in [0.717, 1.165) is 6.26 Å². The van der Waals surface area contributed by atoms with E-state index in [1.54, 1.807) is 20.8 Å². The number of ether oxygens (including phenoxy) is 1. The van der Waals surface area contributed by atoms with Crippen molar-refractivity contribution in [2.24, 2.45) is 0 Å². The van der Waals surface area contributed by atoms with Gasteiger partial charge < -0.3 is 10.1 Å². The smallest absolute Gasteiger partial charge is 0.408 e. The number of carbonyl (C=O) groups excluding carboxylic acids is 1. The van der Waals surface area contributed by atoms with Crippen LogP contribution in [-0.4, -0.2) is 38.5 Å². The number of rotatable bonds is 4. The first-order valence-corrected chi connectivity index (χ1v) is 7.00. The third-order valence-electron chi connectivity index (χ3n) is 1.88. The molecule has 0 aliphatic heterocycles. The average Bonchev–Trinajstić information content (AvgIpc) is 2.75. The third kappa shape index (κ3) is 5.88. The number of nitrogens with one attached hydrogen (secondary N) is 1. The number of hydrogen-bond donors (Lipinski definition) is 1. The zero-order valence-electron chi connectivity index (χ0n) is 12.4. The number of hydrogen-bond acceptors (Lipinski definition) is 5. The normalized spacial score (nSPS) is 21.2. The molecule has 1 rings (SSSR count). The summed E-state index contributed by atoms with van der Waals surface area (Å²) in [5, 5.41) is 2.36. The van der Waals surface area contributed by atoms with Crippen molar-refractivity contribution in [3.63, 3.8) is 0 Å². The molecule has 7 heteroatoms. The van der Waals surface area contributed by atoms with Crippen LogP contribution in [0.25, 0.3) is 0 Å². The zero-order valence-corrected chi connectivity index (χ0v) is 11.2. The SMILES string of the molecule is [2H]C([2H])(OS(C)(=O)=O)C1(NC(=O)OC(C)(C)C)CC1. The summed E-state index contributed by atoms with van der Waals surface area (Å²) in [5.41, 5.74) is -2.07. The Morgan fingerprint density at radius 2 is 2.00 bits per heavy atom. The topological polar surface area (TPSA) is 81.7 Å². The van der Waals surface area contributed by atoms with E-state index in [-0.39, 0.29) is 12.8 Å². The van der Waals surface area contributed by atoms with Crippen LogP contribution in [0.4, 0.5) is 4.79 Å². The van der Waals surface area contributed by atoms with Crippen LogP contribution in [0.1, 0.15) is 36.4 Å². The van der Waals surface area contributed by atoms with Gasteiger partial charge in [-0.1, -0.05) is 0 Å². The van der Waals surface area contributed by atoms with Crippen LogP contribution < -0.4 is 5.32 Å². The molecule has 1 saturated carbocycles. The van der Waals surface area contributed by atoms with Gasteiger partial charge in [0.15, 0.2) is 0 Å². The Morgan fingerprint density at radius 3 is 2.35 bits per heavy atom. The molecule has 0 unspecified atom stereocenters. The Hall–Kier alpha value is -0.820. The summed E-state index contributed by atoms with van der Waals surface area (Å²) >= 11 is 0. The van der Waals surface area contributed by atoms with Gasteiger partial charge in [-0.2, -0.15) is 8.42 Å². The summed E-state index contributed by atoms with van der Waals surface area (Å²) in [6.45, 7) is 2.52. The maximum atomic E-state index is 11.6. The number of carbonyl (C=O) groups is 1. The minimum atomic E-state index is -3.96. The van der Waals surface area contributed by atoms with Gasteiger partial charge in [-0.3, -0.25) is 4.18 Å². The van der Waals surface area contributed by atoms with Gasteiger partial charge in [-0.15, -0.1) is 0 Å².